The fourth-order valence-corrected chi connectivity index (χ4v) is 2.99. The molecule has 0 aliphatic heterocycles. The third-order valence-corrected chi connectivity index (χ3v) is 4.13. The van der Waals surface area contributed by atoms with Gasteiger partial charge in [0, 0.05) is 5.92 Å². The van der Waals surface area contributed by atoms with Gasteiger partial charge in [-0.15, -0.1) is 0 Å². The fourth-order valence-electron chi connectivity index (χ4n) is 2.88. The molecule has 70 valence electrons. The summed E-state index contributed by atoms with van der Waals surface area (Å²) in [6.07, 6.45) is 3.63. The lowest BCUT2D eigenvalue weighted by molar-refractivity contribution is -0.0314. The Bertz CT molecular complexity index is 310. The van der Waals surface area contributed by atoms with Crippen LogP contribution in [0.25, 0.3) is 0 Å². The molecule has 2 heteroatoms. The van der Waals surface area contributed by atoms with E-state index in [0.717, 1.165) is 17.5 Å². The summed E-state index contributed by atoms with van der Waals surface area (Å²) in [5.74, 6) is 2.08. The van der Waals surface area contributed by atoms with Crippen LogP contribution < -0.4 is 0 Å². The van der Waals surface area contributed by atoms with Crippen molar-refractivity contribution in [2.24, 2.45) is 28.2 Å². The van der Waals surface area contributed by atoms with Gasteiger partial charge in [0.2, 0.25) is 0 Å². The van der Waals surface area contributed by atoms with E-state index < -0.39 is 0 Å². The molecule has 13 heavy (non-hydrogen) atoms. The molecular formula is C11H15NS. The van der Waals surface area contributed by atoms with Gasteiger partial charge >= 0.3 is 0 Å². The van der Waals surface area contributed by atoms with Crippen LogP contribution in [-0.4, -0.2) is 5.16 Å². The standard InChI is InChI=1S/C11H15NS/c1-7-9-4-8(11(9,2)3)5-10(7)12-6-13/h5,7-9H,4H2,1-3H3/t7-,8-,9+/m0/s1. The van der Waals surface area contributed by atoms with Crippen molar-refractivity contribution in [1.29, 1.82) is 0 Å². The summed E-state index contributed by atoms with van der Waals surface area (Å²) >= 11 is 4.64. The van der Waals surface area contributed by atoms with Gasteiger partial charge in [-0.25, -0.2) is 0 Å². The summed E-state index contributed by atoms with van der Waals surface area (Å²) in [5, 5.41) is 2.48. The molecule has 0 amide bonds. The number of isothiocyanates is 1. The Balaban J connectivity index is 2.33. The van der Waals surface area contributed by atoms with Crippen LogP contribution in [-0.2, 0) is 0 Å². The van der Waals surface area contributed by atoms with E-state index in [2.05, 4.69) is 49.2 Å². The van der Waals surface area contributed by atoms with Crippen molar-refractivity contribution in [3.63, 3.8) is 0 Å². The SMILES string of the molecule is C[C@@H]1C(N=C=S)=C[C@@H]2C[C@H]1C2(C)C. The van der Waals surface area contributed by atoms with Crippen molar-refractivity contribution in [2.45, 2.75) is 27.2 Å². The molecule has 1 fully saturated rings. The minimum atomic E-state index is 0.486. The highest BCUT2D eigenvalue weighted by molar-refractivity contribution is 7.78. The van der Waals surface area contributed by atoms with Crippen LogP contribution in [0.1, 0.15) is 27.2 Å². The zero-order valence-corrected chi connectivity index (χ0v) is 9.19. The number of rotatable bonds is 1. The molecule has 0 heterocycles. The molecule has 3 rings (SSSR count). The Morgan fingerprint density at radius 3 is 2.77 bits per heavy atom. The molecule has 3 aliphatic rings. The molecule has 0 spiro atoms. The van der Waals surface area contributed by atoms with Gasteiger partial charge in [0.15, 0.2) is 0 Å². The number of thiocarbonyl (C=S) groups is 1. The number of nitrogens with zero attached hydrogens (tertiary/aromatic N) is 1. The highest BCUT2D eigenvalue weighted by Gasteiger charge is 2.53. The van der Waals surface area contributed by atoms with Crippen molar-refractivity contribution in [2.75, 3.05) is 0 Å². The first-order chi connectivity index (χ1) is 6.07. The summed E-state index contributed by atoms with van der Waals surface area (Å²) in [4.78, 5) is 4.14. The smallest absolute Gasteiger partial charge is 0.0637 e. The maximum absolute atomic E-state index is 4.64. The Hall–Kier alpha value is -0.460. The molecular weight excluding hydrogens is 178 g/mol. The molecule has 0 aromatic heterocycles. The van der Waals surface area contributed by atoms with E-state index >= 15 is 0 Å². The van der Waals surface area contributed by atoms with Crippen LogP contribution in [0.5, 0.6) is 0 Å². The van der Waals surface area contributed by atoms with E-state index in [1.807, 2.05) is 0 Å². The number of aliphatic imine (C=N–C) groups is 1. The van der Waals surface area contributed by atoms with Gasteiger partial charge < -0.3 is 0 Å². The summed E-state index contributed by atoms with van der Waals surface area (Å²) in [6, 6.07) is 0. The van der Waals surface area contributed by atoms with Crippen LogP contribution in [0, 0.1) is 23.2 Å². The third kappa shape index (κ3) is 1.13. The van der Waals surface area contributed by atoms with E-state index in [4.69, 9.17) is 0 Å². The van der Waals surface area contributed by atoms with Crippen LogP contribution >= 0.6 is 12.2 Å². The predicted molar refractivity (Wildman–Crippen MR) is 57.7 cm³/mol. The number of allylic oxidation sites excluding steroid dienone is 2. The molecule has 3 atom stereocenters. The highest BCUT2D eigenvalue weighted by Crippen LogP contribution is 2.60. The van der Waals surface area contributed by atoms with Crippen molar-refractivity contribution in [3.8, 4) is 0 Å². The Labute approximate surface area is 84.9 Å². The second-order valence-electron chi connectivity index (χ2n) is 4.85. The Morgan fingerprint density at radius 1 is 1.62 bits per heavy atom. The largest absolute Gasteiger partial charge is 0.199 e. The average molecular weight is 193 g/mol. The molecule has 1 nitrogen and oxygen atoms in total. The monoisotopic (exact) mass is 193 g/mol. The second kappa shape index (κ2) is 2.76. The first kappa shape index (κ1) is 9.11. The molecule has 2 bridgehead atoms. The van der Waals surface area contributed by atoms with Crippen molar-refractivity contribution < 1.29 is 0 Å². The Morgan fingerprint density at radius 2 is 2.31 bits per heavy atom. The average Bonchev–Trinajstić information content (AvgIpc) is 2.08. The topological polar surface area (TPSA) is 12.4 Å². The molecule has 0 unspecified atom stereocenters. The fraction of sp³-hybridized carbons (Fsp3) is 0.727. The molecule has 1 saturated carbocycles. The molecule has 0 saturated heterocycles. The molecule has 0 aromatic carbocycles. The highest BCUT2D eigenvalue weighted by atomic mass is 32.1. The lowest BCUT2D eigenvalue weighted by Gasteiger charge is -2.57. The summed E-state index contributed by atoms with van der Waals surface area (Å²) in [5.41, 5.74) is 1.65. The maximum Gasteiger partial charge on any atom is 0.0637 e. The van der Waals surface area contributed by atoms with Gasteiger partial charge in [0.05, 0.1) is 10.9 Å². The van der Waals surface area contributed by atoms with Gasteiger partial charge in [-0.2, -0.15) is 4.99 Å². The molecule has 0 radical (unpaired) electrons. The zero-order valence-electron chi connectivity index (χ0n) is 8.37. The Kier molecular flexibility index (Phi) is 1.94. The number of fused-ring (bicyclic) bond motifs is 1. The van der Waals surface area contributed by atoms with Crippen LogP contribution in [0.15, 0.2) is 16.8 Å². The maximum atomic E-state index is 4.64. The van der Waals surface area contributed by atoms with Crippen LogP contribution in [0.3, 0.4) is 0 Å². The van der Waals surface area contributed by atoms with Gasteiger partial charge in [-0.1, -0.05) is 26.8 Å². The van der Waals surface area contributed by atoms with Gasteiger partial charge in [0.1, 0.15) is 0 Å². The summed E-state index contributed by atoms with van der Waals surface area (Å²) in [6.45, 7) is 6.97. The number of hydrogen-bond acceptors (Lipinski definition) is 2. The molecule has 0 aromatic rings. The van der Waals surface area contributed by atoms with Gasteiger partial charge in [0.25, 0.3) is 0 Å². The first-order valence-corrected chi connectivity index (χ1v) is 5.27. The summed E-state index contributed by atoms with van der Waals surface area (Å²) < 4.78 is 0. The van der Waals surface area contributed by atoms with Crippen molar-refractivity contribution in [1.82, 2.24) is 0 Å². The second-order valence-corrected chi connectivity index (χ2v) is 5.04. The molecule has 0 N–H and O–H groups in total. The van der Waals surface area contributed by atoms with Crippen LogP contribution in [0.4, 0.5) is 0 Å². The quantitative estimate of drug-likeness (QED) is 0.460. The van der Waals surface area contributed by atoms with E-state index in [0.29, 0.717) is 11.3 Å². The van der Waals surface area contributed by atoms with E-state index in [1.54, 1.807) is 0 Å². The van der Waals surface area contributed by atoms with Crippen molar-refractivity contribution >= 4 is 17.4 Å². The molecule has 3 aliphatic carbocycles. The van der Waals surface area contributed by atoms with Gasteiger partial charge in [-0.3, -0.25) is 0 Å². The lowest BCUT2D eigenvalue weighted by Crippen LogP contribution is -2.50. The zero-order chi connectivity index (χ0) is 9.64. The van der Waals surface area contributed by atoms with Crippen molar-refractivity contribution in [3.05, 3.63) is 11.8 Å². The van der Waals surface area contributed by atoms with E-state index in [9.17, 15) is 0 Å². The van der Waals surface area contributed by atoms with E-state index in [-0.39, 0.29) is 0 Å². The minimum absolute atomic E-state index is 0.486. The van der Waals surface area contributed by atoms with Gasteiger partial charge in [-0.05, 0) is 35.9 Å². The summed E-state index contributed by atoms with van der Waals surface area (Å²) in [7, 11) is 0. The minimum Gasteiger partial charge on any atom is -0.199 e. The first-order valence-electron chi connectivity index (χ1n) is 4.87. The lowest BCUT2D eigenvalue weighted by atomic mass is 9.48. The van der Waals surface area contributed by atoms with Crippen LogP contribution in [0.2, 0.25) is 0 Å². The van der Waals surface area contributed by atoms with E-state index in [1.165, 1.54) is 6.42 Å². The normalized spacial score (nSPS) is 39.9. The third-order valence-electron chi connectivity index (χ3n) is 4.04. The number of hydrogen-bond donors (Lipinski definition) is 0. The predicted octanol–water partition coefficient (Wildman–Crippen LogP) is 3.29.